The van der Waals surface area contributed by atoms with Gasteiger partial charge < -0.3 is 0 Å². The van der Waals surface area contributed by atoms with E-state index < -0.39 is 0 Å². The smallest absolute Gasteiger partial charge is 0.0162 e. The number of unbranched alkanes of at least 4 members (excludes halogenated alkanes) is 4. The van der Waals surface area contributed by atoms with Crippen LogP contribution in [0.25, 0.3) is 5.57 Å². The molecule has 2 aliphatic rings. The first-order chi connectivity index (χ1) is 13.8. The first-order valence-electron chi connectivity index (χ1n) is 12.6. The topological polar surface area (TPSA) is 0 Å². The van der Waals surface area contributed by atoms with Gasteiger partial charge in [-0.1, -0.05) is 95.6 Å². The van der Waals surface area contributed by atoms with Crippen LogP contribution in [0.4, 0.5) is 0 Å². The molecule has 0 nitrogen and oxygen atoms in total. The van der Waals surface area contributed by atoms with Gasteiger partial charge in [0.25, 0.3) is 0 Å². The fraction of sp³-hybridized carbons (Fsp3) is 0.714. The molecule has 0 bridgehead atoms. The van der Waals surface area contributed by atoms with E-state index in [-0.39, 0.29) is 0 Å². The van der Waals surface area contributed by atoms with Crippen LogP contribution in [0, 0.1) is 11.8 Å². The van der Waals surface area contributed by atoms with Crippen molar-refractivity contribution in [1.29, 1.82) is 0 Å². The van der Waals surface area contributed by atoms with Crippen molar-refractivity contribution in [2.24, 2.45) is 11.8 Å². The number of rotatable bonds is 10. The zero-order chi connectivity index (χ0) is 19.6. The molecule has 0 heteroatoms. The Morgan fingerprint density at radius 2 is 1.43 bits per heavy atom. The SMILES string of the molecule is CCCCCCC1CC=C(c2ccc([C@H]3CC[C@H](CCCC)CC3)cc2)CC1. The molecule has 1 atom stereocenters. The lowest BCUT2D eigenvalue weighted by atomic mass is 9.76. The van der Waals surface area contributed by atoms with Crippen LogP contribution in [0.3, 0.4) is 0 Å². The molecule has 1 unspecified atom stereocenters. The fourth-order valence-corrected chi connectivity index (χ4v) is 5.52. The molecule has 1 fully saturated rings. The summed E-state index contributed by atoms with van der Waals surface area (Å²) in [6, 6.07) is 9.74. The van der Waals surface area contributed by atoms with E-state index >= 15 is 0 Å². The summed E-state index contributed by atoms with van der Waals surface area (Å²) in [6.07, 6.45) is 23.7. The molecule has 0 amide bonds. The first-order valence-corrected chi connectivity index (χ1v) is 12.6. The van der Waals surface area contributed by atoms with Crippen LogP contribution in [0.2, 0.25) is 0 Å². The maximum atomic E-state index is 2.56. The standard InChI is InChI=1S/C28H44/c1-3-5-7-8-10-24-13-17-26(18-14-24)28-21-19-27(20-22-28)25-15-11-23(12-16-25)9-6-4-2/h17,19-25H,3-16,18H2,1-2H3/t23-,24?,25-. The maximum absolute atomic E-state index is 2.56. The summed E-state index contributed by atoms with van der Waals surface area (Å²) in [7, 11) is 0. The van der Waals surface area contributed by atoms with Crippen molar-refractivity contribution in [2.75, 3.05) is 0 Å². The van der Waals surface area contributed by atoms with Gasteiger partial charge in [0.1, 0.15) is 0 Å². The minimum Gasteiger partial charge on any atom is -0.0804 e. The summed E-state index contributed by atoms with van der Waals surface area (Å²) < 4.78 is 0. The van der Waals surface area contributed by atoms with Crippen molar-refractivity contribution in [1.82, 2.24) is 0 Å². The van der Waals surface area contributed by atoms with Crippen LogP contribution in [-0.2, 0) is 0 Å². The summed E-state index contributed by atoms with van der Waals surface area (Å²) in [6.45, 7) is 4.63. The van der Waals surface area contributed by atoms with Gasteiger partial charge >= 0.3 is 0 Å². The van der Waals surface area contributed by atoms with Crippen molar-refractivity contribution in [2.45, 2.75) is 116 Å². The maximum Gasteiger partial charge on any atom is -0.0162 e. The van der Waals surface area contributed by atoms with Crippen LogP contribution in [0.15, 0.2) is 30.3 Å². The summed E-state index contributed by atoms with van der Waals surface area (Å²) >= 11 is 0. The second kappa shape index (κ2) is 11.8. The highest BCUT2D eigenvalue weighted by Gasteiger charge is 2.22. The van der Waals surface area contributed by atoms with Crippen LogP contribution >= 0.6 is 0 Å². The number of hydrogen-bond donors (Lipinski definition) is 0. The third kappa shape index (κ3) is 6.50. The minimum absolute atomic E-state index is 0.819. The summed E-state index contributed by atoms with van der Waals surface area (Å²) in [5.41, 5.74) is 4.70. The van der Waals surface area contributed by atoms with Gasteiger partial charge in [-0.15, -0.1) is 0 Å². The molecule has 1 aromatic rings. The Balaban J connectivity index is 1.45. The molecule has 0 aromatic heterocycles. The number of benzene rings is 1. The second-order valence-electron chi connectivity index (χ2n) is 9.70. The molecule has 0 heterocycles. The van der Waals surface area contributed by atoms with Crippen molar-refractivity contribution < 1.29 is 0 Å². The third-order valence-corrected chi connectivity index (χ3v) is 7.55. The van der Waals surface area contributed by atoms with Crippen molar-refractivity contribution >= 4 is 5.57 Å². The van der Waals surface area contributed by atoms with Crippen molar-refractivity contribution in [3.05, 3.63) is 41.5 Å². The van der Waals surface area contributed by atoms with Gasteiger partial charge in [0.15, 0.2) is 0 Å². The molecule has 156 valence electrons. The van der Waals surface area contributed by atoms with E-state index in [1.807, 2.05) is 0 Å². The molecular weight excluding hydrogens is 336 g/mol. The summed E-state index contributed by atoms with van der Waals surface area (Å²) in [5.74, 6) is 2.78. The van der Waals surface area contributed by atoms with Gasteiger partial charge in [0.05, 0.1) is 0 Å². The van der Waals surface area contributed by atoms with E-state index in [4.69, 9.17) is 0 Å². The molecule has 0 radical (unpaired) electrons. The molecule has 1 saturated carbocycles. The Morgan fingerprint density at radius 3 is 2.07 bits per heavy atom. The Hall–Kier alpha value is -1.04. The van der Waals surface area contributed by atoms with Gasteiger partial charge in [-0.2, -0.15) is 0 Å². The average Bonchev–Trinajstić information content (AvgIpc) is 2.76. The van der Waals surface area contributed by atoms with Gasteiger partial charge in [-0.25, -0.2) is 0 Å². The summed E-state index contributed by atoms with van der Waals surface area (Å²) in [5, 5.41) is 0. The molecule has 0 saturated heterocycles. The highest BCUT2D eigenvalue weighted by atomic mass is 14.3. The molecule has 2 aliphatic carbocycles. The minimum atomic E-state index is 0.819. The largest absolute Gasteiger partial charge is 0.0804 e. The van der Waals surface area contributed by atoms with Gasteiger partial charge in [0, 0.05) is 0 Å². The van der Waals surface area contributed by atoms with Crippen molar-refractivity contribution in [3.63, 3.8) is 0 Å². The lowest BCUT2D eigenvalue weighted by molar-refractivity contribution is 0.304. The van der Waals surface area contributed by atoms with E-state index in [2.05, 4.69) is 44.2 Å². The van der Waals surface area contributed by atoms with E-state index in [0.717, 1.165) is 17.8 Å². The first kappa shape index (κ1) is 21.7. The molecular formula is C28H44. The Bertz CT molecular complexity index is 571. The monoisotopic (exact) mass is 380 g/mol. The lowest BCUT2D eigenvalue weighted by Gasteiger charge is -2.29. The van der Waals surface area contributed by atoms with Crippen LogP contribution in [0.1, 0.15) is 127 Å². The molecule has 1 aromatic carbocycles. The van der Waals surface area contributed by atoms with E-state index in [9.17, 15) is 0 Å². The molecule has 28 heavy (non-hydrogen) atoms. The Labute approximate surface area is 175 Å². The lowest BCUT2D eigenvalue weighted by Crippen LogP contribution is -2.13. The van der Waals surface area contributed by atoms with Crippen LogP contribution < -0.4 is 0 Å². The van der Waals surface area contributed by atoms with Crippen molar-refractivity contribution in [3.8, 4) is 0 Å². The molecule has 3 rings (SSSR count). The predicted molar refractivity (Wildman–Crippen MR) is 125 cm³/mol. The van der Waals surface area contributed by atoms with Crippen LogP contribution in [0.5, 0.6) is 0 Å². The average molecular weight is 381 g/mol. The summed E-state index contributed by atoms with van der Waals surface area (Å²) in [4.78, 5) is 0. The van der Waals surface area contributed by atoms with Gasteiger partial charge in [-0.05, 0) is 79.4 Å². The Kier molecular flexibility index (Phi) is 9.16. The van der Waals surface area contributed by atoms with Gasteiger partial charge in [-0.3, -0.25) is 0 Å². The Morgan fingerprint density at radius 1 is 0.714 bits per heavy atom. The van der Waals surface area contributed by atoms with E-state index in [1.54, 1.807) is 11.1 Å². The van der Waals surface area contributed by atoms with E-state index in [0.29, 0.717) is 0 Å². The fourth-order valence-electron chi connectivity index (χ4n) is 5.52. The second-order valence-corrected chi connectivity index (χ2v) is 9.70. The molecule has 0 N–H and O–H groups in total. The zero-order valence-electron chi connectivity index (χ0n) is 18.7. The normalized spacial score (nSPS) is 25.5. The predicted octanol–water partition coefficient (Wildman–Crippen LogP) is 9.30. The zero-order valence-corrected chi connectivity index (χ0v) is 18.7. The highest BCUT2D eigenvalue weighted by Crippen LogP contribution is 2.39. The van der Waals surface area contributed by atoms with E-state index in [1.165, 1.54) is 102 Å². The van der Waals surface area contributed by atoms with Gasteiger partial charge in [0.2, 0.25) is 0 Å². The number of allylic oxidation sites excluding steroid dienone is 2. The number of hydrogen-bond acceptors (Lipinski definition) is 0. The molecule has 0 spiro atoms. The molecule has 0 aliphatic heterocycles. The van der Waals surface area contributed by atoms with Crippen LogP contribution in [-0.4, -0.2) is 0 Å². The third-order valence-electron chi connectivity index (χ3n) is 7.55. The highest BCUT2D eigenvalue weighted by molar-refractivity contribution is 5.66. The quantitative estimate of drug-likeness (QED) is 0.355.